The smallest absolute Gasteiger partial charge is 0.322 e. The lowest BCUT2D eigenvalue weighted by molar-refractivity contribution is 0.173. The summed E-state index contributed by atoms with van der Waals surface area (Å²) >= 11 is 0. The normalized spacial score (nSPS) is 17.6. The van der Waals surface area contributed by atoms with Gasteiger partial charge in [0, 0.05) is 49.0 Å². The Bertz CT molecular complexity index is 1220. The van der Waals surface area contributed by atoms with Crippen LogP contribution in [0.15, 0.2) is 48.8 Å². The molecule has 2 atom stereocenters. The van der Waals surface area contributed by atoms with Crippen molar-refractivity contribution >= 4 is 34.1 Å². The van der Waals surface area contributed by atoms with Gasteiger partial charge in [-0.1, -0.05) is 26.2 Å². The molecule has 2 amide bonds. The van der Waals surface area contributed by atoms with Crippen LogP contribution in [0, 0.1) is 11.3 Å². The number of nitrogens with one attached hydrogen (secondary N) is 2. The SMILES string of the molecule is CCCCCCNc1ccc(NC(=O)N2C[C@H](C)N(c3ccc(C#N)c4ncccc34)C[C@H]2C)cn1. The second kappa shape index (κ2) is 11.7. The average molecular weight is 486 g/mol. The quantitative estimate of drug-likeness (QED) is 0.402. The van der Waals surface area contributed by atoms with Gasteiger partial charge in [0.2, 0.25) is 0 Å². The molecule has 3 heterocycles. The van der Waals surface area contributed by atoms with E-state index >= 15 is 0 Å². The second-order valence-electron chi connectivity index (χ2n) is 9.50. The number of carbonyl (C=O) groups excluding carboxylic acids is 1. The maximum Gasteiger partial charge on any atom is 0.322 e. The molecule has 1 saturated heterocycles. The molecule has 188 valence electrons. The third kappa shape index (κ3) is 5.68. The number of unbranched alkanes of at least 4 members (excludes halogenated alkanes) is 3. The first-order valence-corrected chi connectivity index (χ1v) is 12.8. The average Bonchev–Trinajstić information content (AvgIpc) is 2.90. The van der Waals surface area contributed by atoms with E-state index in [1.54, 1.807) is 12.4 Å². The first kappa shape index (κ1) is 25.2. The third-order valence-corrected chi connectivity index (χ3v) is 6.77. The summed E-state index contributed by atoms with van der Waals surface area (Å²) in [4.78, 5) is 26.2. The fraction of sp³-hybridized carbons (Fsp3) is 0.429. The van der Waals surface area contributed by atoms with E-state index < -0.39 is 0 Å². The number of nitrogens with zero attached hydrogens (tertiary/aromatic N) is 5. The van der Waals surface area contributed by atoms with Crippen LogP contribution in [-0.2, 0) is 0 Å². The van der Waals surface area contributed by atoms with Crippen molar-refractivity contribution < 1.29 is 4.79 Å². The third-order valence-electron chi connectivity index (χ3n) is 6.77. The second-order valence-corrected chi connectivity index (χ2v) is 9.50. The number of hydrogen-bond acceptors (Lipinski definition) is 6. The zero-order chi connectivity index (χ0) is 25.5. The van der Waals surface area contributed by atoms with Gasteiger partial charge in [-0.25, -0.2) is 9.78 Å². The van der Waals surface area contributed by atoms with Crippen molar-refractivity contribution in [3.8, 4) is 6.07 Å². The number of amides is 2. The summed E-state index contributed by atoms with van der Waals surface area (Å²) in [5.74, 6) is 0.823. The largest absolute Gasteiger partial charge is 0.370 e. The number of carbonyl (C=O) groups is 1. The van der Waals surface area contributed by atoms with E-state index in [2.05, 4.69) is 52.3 Å². The lowest BCUT2D eigenvalue weighted by Gasteiger charge is -2.45. The Hall–Kier alpha value is -3.86. The van der Waals surface area contributed by atoms with Crippen molar-refractivity contribution in [2.24, 2.45) is 0 Å². The summed E-state index contributed by atoms with van der Waals surface area (Å²) in [5, 5.41) is 16.8. The highest BCUT2D eigenvalue weighted by Crippen LogP contribution is 2.32. The Morgan fingerprint density at radius 2 is 1.94 bits per heavy atom. The van der Waals surface area contributed by atoms with E-state index in [0.717, 1.165) is 29.9 Å². The summed E-state index contributed by atoms with van der Waals surface area (Å²) in [6, 6.07) is 13.7. The van der Waals surface area contributed by atoms with Crippen LogP contribution < -0.4 is 15.5 Å². The molecule has 1 aliphatic heterocycles. The van der Waals surface area contributed by atoms with E-state index in [1.807, 2.05) is 41.3 Å². The first-order chi connectivity index (χ1) is 17.5. The molecular weight excluding hydrogens is 450 g/mol. The molecule has 1 aromatic carbocycles. The Balaban J connectivity index is 1.38. The van der Waals surface area contributed by atoms with Gasteiger partial charge in [-0.15, -0.1) is 0 Å². The molecule has 0 spiro atoms. The van der Waals surface area contributed by atoms with E-state index in [4.69, 9.17) is 0 Å². The minimum atomic E-state index is -0.123. The topological polar surface area (TPSA) is 97.2 Å². The van der Waals surface area contributed by atoms with Crippen LogP contribution in [0.5, 0.6) is 0 Å². The van der Waals surface area contributed by atoms with Crippen LogP contribution >= 0.6 is 0 Å². The monoisotopic (exact) mass is 485 g/mol. The number of urea groups is 1. The minimum absolute atomic E-state index is 0.000541. The van der Waals surface area contributed by atoms with Gasteiger partial charge >= 0.3 is 6.03 Å². The molecule has 2 N–H and O–H groups in total. The number of piperazine rings is 1. The predicted molar refractivity (Wildman–Crippen MR) is 145 cm³/mol. The fourth-order valence-electron chi connectivity index (χ4n) is 4.78. The maximum atomic E-state index is 13.1. The highest BCUT2D eigenvalue weighted by Gasteiger charge is 2.33. The molecule has 0 unspecified atom stereocenters. The summed E-state index contributed by atoms with van der Waals surface area (Å²) in [5.41, 5.74) is 3.00. The summed E-state index contributed by atoms with van der Waals surface area (Å²) in [7, 11) is 0. The molecule has 0 radical (unpaired) electrons. The van der Waals surface area contributed by atoms with Gasteiger partial charge in [0.15, 0.2) is 0 Å². The van der Waals surface area contributed by atoms with Crippen molar-refractivity contribution in [1.82, 2.24) is 14.9 Å². The van der Waals surface area contributed by atoms with Gasteiger partial charge in [-0.3, -0.25) is 4.98 Å². The minimum Gasteiger partial charge on any atom is -0.370 e. The molecule has 0 aliphatic carbocycles. The van der Waals surface area contributed by atoms with Crippen molar-refractivity contribution in [3.05, 3.63) is 54.4 Å². The van der Waals surface area contributed by atoms with E-state index in [-0.39, 0.29) is 18.1 Å². The van der Waals surface area contributed by atoms with Gasteiger partial charge in [-0.2, -0.15) is 5.26 Å². The highest BCUT2D eigenvalue weighted by atomic mass is 16.2. The number of nitriles is 1. The lowest BCUT2D eigenvalue weighted by atomic mass is 10.0. The van der Waals surface area contributed by atoms with Crippen LogP contribution in [0.1, 0.15) is 52.0 Å². The standard InChI is InChI=1S/C28H35N7O/c1-4-5-6-7-14-30-26-13-11-23(17-32-26)33-28(36)35-19-20(2)34(18-21(35)3)25-12-10-22(16-29)27-24(25)9-8-15-31-27/h8-13,15,17,20-21H,4-7,14,18-19H2,1-3H3,(H,30,32)(H,33,36)/t20-,21+/m0/s1. The van der Waals surface area contributed by atoms with Crippen molar-refractivity contribution in [2.75, 3.05) is 35.2 Å². The summed E-state index contributed by atoms with van der Waals surface area (Å²) in [6.07, 6.45) is 8.25. The van der Waals surface area contributed by atoms with Gasteiger partial charge in [0.05, 0.1) is 23.0 Å². The molecule has 0 saturated carbocycles. The Kier molecular flexibility index (Phi) is 8.21. The van der Waals surface area contributed by atoms with Crippen LogP contribution in [0.3, 0.4) is 0 Å². The first-order valence-electron chi connectivity index (χ1n) is 12.8. The molecule has 3 aromatic rings. The summed E-state index contributed by atoms with van der Waals surface area (Å²) < 4.78 is 0. The number of aromatic nitrogens is 2. The number of anilines is 3. The highest BCUT2D eigenvalue weighted by molar-refractivity contribution is 5.95. The number of pyridine rings is 2. The maximum absolute atomic E-state index is 13.1. The molecule has 1 fully saturated rings. The van der Waals surface area contributed by atoms with E-state index in [0.29, 0.717) is 29.9 Å². The predicted octanol–water partition coefficient (Wildman–Crippen LogP) is 5.62. The Morgan fingerprint density at radius 1 is 1.08 bits per heavy atom. The number of hydrogen-bond donors (Lipinski definition) is 2. The van der Waals surface area contributed by atoms with E-state index in [1.165, 1.54) is 19.3 Å². The lowest BCUT2D eigenvalue weighted by Crippen LogP contribution is -2.59. The van der Waals surface area contributed by atoms with Crippen molar-refractivity contribution in [3.63, 3.8) is 0 Å². The van der Waals surface area contributed by atoms with E-state index in [9.17, 15) is 10.1 Å². The number of fused-ring (bicyclic) bond motifs is 1. The van der Waals surface area contributed by atoms with Crippen LogP contribution in [-0.4, -0.2) is 52.6 Å². The summed E-state index contributed by atoms with van der Waals surface area (Å²) in [6.45, 7) is 8.56. The molecule has 0 bridgehead atoms. The Labute approximate surface area is 213 Å². The molecular formula is C28H35N7O. The molecule has 4 rings (SSSR count). The fourth-order valence-corrected chi connectivity index (χ4v) is 4.78. The Morgan fingerprint density at radius 3 is 2.69 bits per heavy atom. The van der Waals surface area contributed by atoms with Crippen molar-refractivity contribution in [1.29, 1.82) is 5.26 Å². The van der Waals surface area contributed by atoms with Crippen LogP contribution in [0.4, 0.5) is 22.0 Å². The molecule has 8 heteroatoms. The van der Waals surface area contributed by atoms with Crippen LogP contribution in [0.25, 0.3) is 10.9 Å². The molecule has 8 nitrogen and oxygen atoms in total. The molecule has 1 aliphatic rings. The van der Waals surface area contributed by atoms with Crippen LogP contribution in [0.2, 0.25) is 0 Å². The van der Waals surface area contributed by atoms with Crippen molar-refractivity contribution in [2.45, 2.75) is 58.5 Å². The van der Waals surface area contributed by atoms with Gasteiger partial charge < -0.3 is 20.4 Å². The number of rotatable bonds is 8. The number of benzene rings is 1. The van der Waals surface area contributed by atoms with Gasteiger partial charge in [0.1, 0.15) is 11.9 Å². The van der Waals surface area contributed by atoms with Gasteiger partial charge in [-0.05, 0) is 56.7 Å². The zero-order valence-corrected chi connectivity index (χ0v) is 21.4. The zero-order valence-electron chi connectivity index (χ0n) is 21.4. The molecule has 36 heavy (non-hydrogen) atoms. The molecule has 2 aromatic heterocycles. The van der Waals surface area contributed by atoms with Gasteiger partial charge in [0.25, 0.3) is 0 Å².